The van der Waals surface area contributed by atoms with Crippen molar-refractivity contribution in [3.05, 3.63) is 116 Å². The minimum Gasteiger partial charge on any atom is -0.207 e. The molecule has 0 N–H and O–H groups in total. The lowest BCUT2D eigenvalue weighted by molar-refractivity contribution is 0.378. The van der Waals surface area contributed by atoms with Gasteiger partial charge >= 0.3 is 0 Å². The minimum atomic E-state index is -7.22. The molecule has 0 amide bonds. The third-order valence-electron chi connectivity index (χ3n) is 12.4. The average Bonchev–Trinajstić information content (AvgIpc) is 3.21. The molecule has 0 aliphatic heterocycles. The van der Waals surface area contributed by atoms with Crippen molar-refractivity contribution in [2.75, 3.05) is 0 Å². The summed E-state index contributed by atoms with van der Waals surface area (Å²) in [5.74, 6) is -71.4. The highest BCUT2D eigenvalue weighted by Crippen LogP contribution is 2.89. The van der Waals surface area contributed by atoms with E-state index in [1.54, 1.807) is 0 Å². The number of hydrogen-bond donors (Lipinski definition) is 0. The van der Waals surface area contributed by atoms with Gasteiger partial charge in [0.05, 0.1) is 15.5 Å². The maximum Gasteiger partial charge on any atom is 0.231 e. The van der Waals surface area contributed by atoms with E-state index in [9.17, 15) is 52.7 Å². The summed E-state index contributed by atoms with van der Waals surface area (Å²) in [7, 11) is -1.29. The zero-order valence-electron chi connectivity index (χ0n) is 36.7. The van der Waals surface area contributed by atoms with Crippen LogP contribution in [-0.2, 0) is 0 Å². The molecule has 65 heavy (non-hydrogen) atoms. The second-order valence-corrected chi connectivity index (χ2v) is 33.1. The molecule has 0 spiro atoms. The number of benzene rings is 4. The number of rotatable bonds is 8. The van der Waals surface area contributed by atoms with E-state index in [0.29, 0.717) is 15.5 Å². The Balaban J connectivity index is 0.000000473. The molecule has 0 aliphatic rings. The third-order valence-corrected chi connectivity index (χ3v) is 37.0. The highest BCUT2D eigenvalue weighted by atomic mass is 31.4. The number of halogens is 20. The second-order valence-electron chi connectivity index (χ2n) is 18.3. The smallest absolute Gasteiger partial charge is 0.207 e. The predicted octanol–water partition coefficient (Wildman–Crippen LogP) is 13.3. The molecule has 0 heterocycles. The molecule has 0 bridgehead atoms. The standard InChI is InChI=1S/C24BF20.C18H42PSi/c26-5-1(6(27)14(35)21(42)13(5)34)25(2-7(28)15(36)22(43)16(37)8(2)29,3-9(30)17(38)23(44)18(39)10(3)31)4-11(32)19(40)24(45)20(41)12(4)33;1-13-20(14-2,15-3)19(16(4,5)6,17(7,8)9)18(10,11)12/h;13-15H2,1-12H3/q-1;+1. The van der Waals surface area contributed by atoms with Gasteiger partial charge in [0.2, 0.25) is 7.74 Å². The van der Waals surface area contributed by atoms with E-state index in [0.717, 1.165) is 0 Å². The lowest BCUT2D eigenvalue weighted by Crippen LogP contribution is -2.81. The summed E-state index contributed by atoms with van der Waals surface area (Å²) in [6.07, 6.45) is -7.22. The van der Waals surface area contributed by atoms with E-state index in [1.807, 2.05) is 0 Å². The molecule has 0 aliphatic carbocycles. The monoisotopic (exact) mass is 996 g/mol. The Kier molecular flexibility index (Phi) is 15.7. The topological polar surface area (TPSA) is 0 Å². The zero-order chi connectivity index (χ0) is 51.0. The molecule has 0 saturated carbocycles. The van der Waals surface area contributed by atoms with Gasteiger partial charge in [0.25, 0.3) is 0 Å². The Morgan fingerprint density at radius 3 is 0.492 bits per heavy atom. The van der Waals surface area contributed by atoms with Crippen LogP contribution in [0.1, 0.15) is 83.1 Å². The fourth-order valence-electron chi connectivity index (χ4n) is 11.5. The zero-order valence-corrected chi connectivity index (χ0v) is 38.6. The van der Waals surface area contributed by atoms with E-state index in [1.165, 1.54) is 18.1 Å². The summed E-state index contributed by atoms with van der Waals surface area (Å²) in [5, 5.41) is 1.33. The fourth-order valence-corrected chi connectivity index (χ4v) is 41.8. The van der Waals surface area contributed by atoms with E-state index >= 15 is 35.1 Å². The molecule has 0 fully saturated rings. The quantitative estimate of drug-likeness (QED) is 0.0543. The van der Waals surface area contributed by atoms with Gasteiger partial charge in [0, 0.05) is 0 Å². The van der Waals surface area contributed by atoms with Crippen molar-refractivity contribution in [2.24, 2.45) is 0 Å². The first-order chi connectivity index (χ1) is 29.4. The molecule has 23 heteroatoms. The Bertz CT molecular complexity index is 2090. The highest BCUT2D eigenvalue weighted by Gasteiger charge is 2.73. The normalized spacial score (nSPS) is 13.1. The molecule has 0 unspecified atom stereocenters. The summed E-state index contributed by atoms with van der Waals surface area (Å²) >= 11 is 0. The van der Waals surface area contributed by atoms with E-state index in [-0.39, 0.29) is 0 Å². The maximum atomic E-state index is 15.4. The Labute approximate surface area is 362 Å². The molecule has 0 saturated heterocycles. The van der Waals surface area contributed by atoms with Gasteiger partial charge in [-0.3, -0.25) is 0 Å². The van der Waals surface area contributed by atoms with E-state index < -0.39 is 159 Å². The van der Waals surface area contributed by atoms with Crippen LogP contribution in [0.5, 0.6) is 0 Å². The van der Waals surface area contributed by atoms with Crippen LogP contribution in [0.3, 0.4) is 0 Å². The summed E-state index contributed by atoms with van der Waals surface area (Å²) in [4.78, 5) is 0. The van der Waals surface area contributed by atoms with Gasteiger partial charge in [-0.25, -0.2) is 87.8 Å². The van der Waals surface area contributed by atoms with Crippen LogP contribution in [0.15, 0.2) is 0 Å². The summed E-state index contributed by atoms with van der Waals surface area (Å²) in [6.45, 7) is 29.3. The average molecular weight is 997 g/mol. The van der Waals surface area contributed by atoms with Crippen molar-refractivity contribution in [3.63, 3.8) is 0 Å². The van der Waals surface area contributed by atoms with Crippen LogP contribution in [0.25, 0.3) is 0 Å². The van der Waals surface area contributed by atoms with Gasteiger partial charge < -0.3 is 0 Å². The Morgan fingerprint density at radius 2 is 0.400 bits per heavy atom. The lowest BCUT2D eigenvalue weighted by atomic mass is 9.12. The molecule has 362 valence electrons. The maximum absolute atomic E-state index is 15.4. The van der Waals surface area contributed by atoms with Gasteiger partial charge in [-0.2, -0.15) is 0 Å². The van der Waals surface area contributed by atoms with Crippen LogP contribution < -0.4 is 21.9 Å². The number of hydrogen-bond acceptors (Lipinski definition) is 0. The molecule has 4 rings (SSSR count). The summed E-state index contributed by atoms with van der Waals surface area (Å²) < 4.78 is 294. The minimum absolute atomic E-state index is 0.442. The SMILES string of the molecule is CC[Si](CC)(CC)[P+](C(C)(C)C)(C(C)(C)C)C(C)(C)C.Fc1c(F)c(F)c([B-](c2c(F)c(F)c(F)c(F)c2F)(c2c(F)c(F)c(F)c(F)c2F)c2c(F)c(F)c(F)c(F)c2F)c(F)c1F. The molecule has 4 aromatic carbocycles. The van der Waals surface area contributed by atoms with Crippen LogP contribution in [0.2, 0.25) is 18.1 Å². The van der Waals surface area contributed by atoms with Crippen LogP contribution in [0, 0.1) is 116 Å². The van der Waals surface area contributed by atoms with E-state index in [4.69, 9.17) is 0 Å². The first-order valence-corrected chi connectivity index (χ1v) is 24.8. The van der Waals surface area contributed by atoms with Gasteiger partial charge in [-0.05, 0) is 87.3 Å². The predicted molar refractivity (Wildman–Crippen MR) is 213 cm³/mol. The van der Waals surface area contributed by atoms with E-state index in [2.05, 4.69) is 83.1 Å². The first-order valence-electron chi connectivity index (χ1n) is 19.5. The molecule has 0 radical (unpaired) electrons. The molecule has 0 atom stereocenters. The van der Waals surface area contributed by atoms with Crippen LogP contribution in [-0.4, -0.2) is 29.4 Å². The summed E-state index contributed by atoms with van der Waals surface area (Å²) in [6, 6.07) is 4.37. The largest absolute Gasteiger partial charge is 0.231 e. The molecular weight excluding hydrogens is 954 g/mol. The highest BCUT2D eigenvalue weighted by molar-refractivity contribution is 8.11. The van der Waals surface area contributed by atoms with Crippen molar-refractivity contribution in [3.8, 4) is 0 Å². The fraction of sp³-hybridized carbons (Fsp3) is 0.429. The van der Waals surface area contributed by atoms with Crippen molar-refractivity contribution in [2.45, 2.75) is 117 Å². The van der Waals surface area contributed by atoms with Gasteiger partial charge in [0.1, 0.15) is 52.7 Å². The Hall–Kier alpha value is -3.81. The molecule has 0 aromatic heterocycles. The summed E-state index contributed by atoms with van der Waals surface area (Å²) in [5.41, 5.74) is -14.3. The van der Waals surface area contributed by atoms with Gasteiger partial charge in [-0.15, -0.1) is 21.9 Å². The molecular formula is C42H42BF20PSi. The molecule has 4 aromatic rings. The van der Waals surface area contributed by atoms with Crippen LogP contribution in [0.4, 0.5) is 87.8 Å². The van der Waals surface area contributed by atoms with Crippen molar-refractivity contribution in [1.82, 2.24) is 0 Å². The van der Waals surface area contributed by atoms with Crippen molar-refractivity contribution < 1.29 is 87.8 Å². The Morgan fingerprint density at radius 1 is 0.277 bits per heavy atom. The van der Waals surface area contributed by atoms with Crippen molar-refractivity contribution in [1.29, 1.82) is 0 Å². The van der Waals surface area contributed by atoms with Gasteiger partial charge in [-0.1, -0.05) is 20.8 Å². The van der Waals surface area contributed by atoms with Gasteiger partial charge in [0.15, 0.2) is 69.8 Å². The van der Waals surface area contributed by atoms with Crippen LogP contribution >= 0.6 is 6.81 Å². The molecule has 0 nitrogen and oxygen atoms in total. The lowest BCUT2D eigenvalue weighted by Gasteiger charge is -2.62. The third kappa shape index (κ3) is 7.84. The van der Waals surface area contributed by atoms with Crippen molar-refractivity contribution >= 4 is 42.5 Å². The second kappa shape index (κ2) is 18.4. The first kappa shape index (κ1) is 55.5.